The van der Waals surface area contributed by atoms with E-state index >= 15 is 0 Å². The van der Waals surface area contributed by atoms with Gasteiger partial charge in [0.1, 0.15) is 5.66 Å². The van der Waals surface area contributed by atoms with Gasteiger partial charge in [-0.3, -0.25) is 29.1 Å². The van der Waals surface area contributed by atoms with Crippen LogP contribution in [-0.2, 0) is 14.1 Å². The molecule has 4 heterocycles. The van der Waals surface area contributed by atoms with Gasteiger partial charge in [0.05, 0.1) is 6.33 Å². The second-order valence-electron chi connectivity index (χ2n) is 6.17. The number of aromatic nitrogens is 6. The van der Waals surface area contributed by atoms with E-state index in [2.05, 4.69) is 29.9 Å². The molecule has 1 aliphatic heterocycles. The van der Waals surface area contributed by atoms with Crippen LogP contribution < -0.4 is 33.3 Å². The molecule has 0 bridgehead atoms. The molecule has 12 nitrogen and oxygen atoms in total. The van der Waals surface area contributed by atoms with Crippen molar-refractivity contribution in [2.45, 2.75) is 19.5 Å². The smallest absolute Gasteiger partial charge is 0.328 e. The van der Waals surface area contributed by atoms with E-state index in [-0.39, 0.29) is 10.8 Å². The Morgan fingerprint density at radius 3 is 2.35 bits per heavy atom. The first-order valence-electron chi connectivity index (χ1n) is 7.52. The molecule has 0 aliphatic carbocycles. The number of hydrogen-bond donors (Lipinski definition) is 3. The maximum absolute atomic E-state index is 11.3. The van der Waals surface area contributed by atoms with Crippen LogP contribution in [0.5, 0.6) is 0 Å². The Kier molecular flexibility index (Phi) is 3.82. The number of H-pyrrole nitrogens is 3. The van der Waals surface area contributed by atoms with Crippen molar-refractivity contribution < 1.29 is 0 Å². The highest BCUT2D eigenvalue weighted by molar-refractivity contribution is 5.69. The summed E-state index contributed by atoms with van der Waals surface area (Å²) in [4.78, 5) is 63.2. The molecule has 0 unspecified atom stereocenters. The molecular weight excluding hydrogens is 344 g/mol. The molecule has 12 heteroatoms. The van der Waals surface area contributed by atoms with Crippen molar-refractivity contribution in [2.75, 3.05) is 0 Å². The number of aromatic amines is 3. The van der Waals surface area contributed by atoms with Gasteiger partial charge < -0.3 is 4.57 Å². The van der Waals surface area contributed by atoms with E-state index in [1.807, 2.05) is 0 Å². The third-order valence-corrected chi connectivity index (χ3v) is 3.64. The van der Waals surface area contributed by atoms with Gasteiger partial charge in [-0.2, -0.15) is 0 Å². The van der Waals surface area contributed by atoms with Crippen molar-refractivity contribution in [1.29, 1.82) is 0 Å². The zero-order chi connectivity index (χ0) is 19.2. The predicted molar refractivity (Wildman–Crippen MR) is 90.7 cm³/mol. The quantitative estimate of drug-likeness (QED) is 0.389. The summed E-state index contributed by atoms with van der Waals surface area (Å²) in [7, 11) is 3.27. The minimum Gasteiger partial charge on any atom is -0.328 e. The number of fused-ring (bicyclic) bond motifs is 2. The largest absolute Gasteiger partial charge is 0.329 e. The van der Waals surface area contributed by atoms with Gasteiger partial charge in [0, 0.05) is 14.1 Å². The normalized spacial score (nSPS) is 14.2. The fourth-order valence-corrected chi connectivity index (χ4v) is 2.49. The molecule has 0 aromatic carbocycles. The molecular formula is C14H16N8O4. The standard InChI is InChI=1S/2C7H8N4O2/c1-10-3-8-5-4(10)6(12)9-7(13)11(5)2;1-7(2)10-3-4(11-7)8-6(13)9-5(3)12/h3H,1-2H3,(H,9,12,13);1-2H3,(H2,8,9,11,12,13). The summed E-state index contributed by atoms with van der Waals surface area (Å²) in [5, 5.41) is 0.199. The van der Waals surface area contributed by atoms with Crippen molar-refractivity contribution in [3.63, 3.8) is 0 Å². The second-order valence-corrected chi connectivity index (χ2v) is 6.17. The SMILES string of the molecule is CC1(C)N=c2[nH]c(=O)[nH]c(=O)c2=N1.Cn1cnc2c1c(=O)[nH]c(=O)n2C. The van der Waals surface area contributed by atoms with Gasteiger partial charge in [-0.15, -0.1) is 0 Å². The zero-order valence-corrected chi connectivity index (χ0v) is 14.4. The Hall–Kier alpha value is -3.57. The van der Waals surface area contributed by atoms with Gasteiger partial charge >= 0.3 is 11.4 Å². The first-order chi connectivity index (χ1) is 12.1. The molecule has 3 aromatic heterocycles. The third-order valence-electron chi connectivity index (χ3n) is 3.64. The van der Waals surface area contributed by atoms with Crippen LogP contribution in [0.15, 0.2) is 35.5 Å². The highest BCUT2D eigenvalue weighted by Gasteiger charge is 2.19. The minimum absolute atomic E-state index is 0.199. The number of hydrogen-bond acceptors (Lipinski definition) is 7. The highest BCUT2D eigenvalue weighted by Crippen LogP contribution is 2.08. The monoisotopic (exact) mass is 360 g/mol. The fourth-order valence-electron chi connectivity index (χ4n) is 2.49. The topological polar surface area (TPSA) is 163 Å². The second kappa shape index (κ2) is 5.75. The van der Waals surface area contributed by atoms with Gasteiger partial charge in [-0.25, -0.2) is 24.6 Å². The molecule has 136 valence electrons. The van der Waals surface area contributed by atoms with E-state index in [1.165, 1.54) is 10.9 Å². The molecule has 0 saturated carbocycles. The summed E-state index contributed by atoms with van der Waals surface area (Å²) >= 11 is 0. The Bertz CT molecular complexity index is 1370. The Morgan fingerprint density at radius 2 is 1.65 bits per heavy atom. The van der Waals surface area contributed by atoms with Crippen LogP contribution >= 0.6 is 0 Å². The van der Waals surface area contributed by atoms with Crippen LogP contribution in [0.4, 0.5) is 0 Å². The van der Waals surface area contributed by atoms with Crippen LogP contribution in [0.3, 0.4) is 0 Å². The number of rotatable bonds is 0. The first kappa shape index (κ1) is 17.3. The van der Waals surface area contributed by atoms with Crippen molar-refractivity contribution >= 4 is 11.2 Å². The lowest BCUT2D eigenvalue weighted by molar-refractivity contribution is 0.546. The van der Waals surface area contributed by atoms with E-state index < -0.39 is 28.2 Å². The number of nitrogens with zero attached hydrogens (tertiary/aromatic N) is 5. The highest BCUT2D eigenvalue weighted by atomic mass is 16.2. The lowest BCUT2D eigenvalue weighted by Crippen LogP contribution is -2.46. The molecule has 1 aliphatic rings. The Morgan fingerprint density at radius 1 is 0.962 bits per heavy atom. The van der Waals surface area contributed by atoms with Crippen LogP contribution in [-0.4, -0.2) is 34.7 Å². The molecule has 0 atom stereocenters. The summed E-state index contributed by atoms with van der Waals surface area (Å²) in [5.41, 5.74) is -1.49. The summed E-state index contributed by atoms with van der Waals surface area (Å²) < 4.78 is 2.88. The molecule has 0 amide bonds. The average molecular weight is 360 g/mol. The molecule has 0 spiro atoms. The summed E-state index contributed by atoms with van der Waals surface area (Å²) in [6.45, 7) is 3.51. The maximum atomic E-state index is 11.3. The van der Waals surface area contributed by atoms with Gasteiger partial charge in [-0.1, -0.05) is 0 Å². The predicted octanol–water partition coefficient (Wildman–Crippen LogP) is -2.99. The van der Waals surface area contributed by atoms with Crippen LogP contribution in [0, 0.1) is 0 Å². The molecule has 26 heavy (non-hydrogen) atoms. The van der Waals surface area contributed by atoms with Crippen LogP contribution in [0.2, 0.25) is 0 Å². The van der Waals surface area contributed by atoms with Gasteiger partial charge in [-0.05, 0) is 13.8 Å². The van der Waals surface area contributed by atoms with E-state index in [0.29, 0.717) is 11.2 Å². The van der Waals surface area contributed by atoms with Gasteiger partial charge in [0.15, 0.2) is 22.0 Å². The van der Waals surface area contributed by atoms with E-state index in [0.717, 1.165) is 0 Å². The van der Waals surface area contributed by atoms with Gasteiger partial charge in [0.2, 0.25) is 0 Å². The van der Waals surface area contributed by atoms with E-state index in [1.54, 1.807) is 32.5 Å². The Balaban J connectivity index is 0.000000151. The summed E-state index contributed by atoms with van der Waals surface area (Å²) in [6, 6.07) is 0. The maximum Gasteiger partial charge on any atom is 0.329 e. The minimum atomic E-state index is -0.653. The molecule has 0 fully saturated rings. The zero-order valence-electron chi connectivity index (χ0n) is 14.4. The number of imidazole rings is 1. The first-order valence-corrected chi connectivity index (χ1v) is 7.52. The van der Waals surface area contributed by atoms with E-state index in [4.69, 9.17) is 0 Å². The number of nitrogens with one attached hydrogen (secondary N) is 3. The van der Waals surface area contributed by atoms with Crippen LogP contribution in [0.25, 0.3) is 11.2 Å². The summed E-state index contributed by atoms with van der Waals surface area (Å²) in [5.74, 6) is 0. The van der Waals surface area contributed by atoms with E-state index in [9.17, 15) is 19.2 Å². The number of aryl methyl sites for hydroxylation is 2. The fraction of sp³-hybridized carbons (Fsp3) is 0.357. The average Bonchev–Trinajstić information content (AvgIpc) is 3.05. The molecule has 0 saturated heterocycles. The molecule has 4 rings (SSSR count). The van der Waals surface area contributed by atoms with Crippen molar-refractivity contribution in [1.82, 2.24) is 29.1 Å². The third kappa shape index (κ3) is 2.92. The van der Waals surface area contributed by atoms with Crippen molar-refractivity contribution in [3.05, 3.63) is 58.8 Å². The summed E-state index contributed by atoms with van der Waals surface area (Å²) in [6.07, 6.45) is 1.50. The Labute approximate surface area is 143 Å². The van der Waals surface area contributed by atoms with Crippen LogP contribution in [0.1, 0.15) is 13.8 Å². The lowest BCUT2D eigenvalue weighted by atomic mass is 10.3. The molecule has 0 radical (unpaired) electrons. The van der Waals surface area contributed by atoms with Gasteiger partial charge in [0.25, 0.3) is 11.1 Å². The van der Waals surface area contributed by atoms with Crippen molar-refractivity contribution in [2.24, 2.45) is 24.1 Å². The lowest BCUT2D eigenvalue weighted by Gasteiger charge is -2.06. The molecule has 3 N–H and O–H groups in total. The van der Waals surface area contributed by atoms with Crippen molar-refractivity contribution in [3.8, 4) is 0 Å². The molecule has 3 aromatic rings.